The lowest BCUT2D eigenvalue weighted by Crippen LogP contribution is -1.98. The van der Waals surface area contributed by atoms with E-state index in [1.807, 2.05) is 0 Å². The van der Waals surface area contributed by atoms with Crippen LogP contribution in [0.4, 0.5) is 0 Å². The highest BCUT2D eigenvalue weighted by atomic mass is 35.5. The van der Waals surface area contributed by atoms with E-state index in [1.54, 1.807) is 6.92 Å². The summed E-state index contributed by atoms with van der Waals surface area (Å²) in [5.74, 6) is 0.0805. The fraction of sp³-hybridized carbons (Fsp3) is 0.143. The fourth-order valence-corrected chi connectivity index (χ4v) is 1.52. The van der Waals surface area contributed by atoms with Crippen LogP contribution in [0.25, 0.3) is 0 Å². The van der Waals surface area contributed by atoms with E-state index in [2.05, 4.69) is 4.18 Å². The van der Waals surface area contributed by atoms with Gasteiger partial charge in [-0.25, -0.2) is 4.21 Å². The summed E-state index contributed by atoms with van der Waals surface area (Å²) in [5.41, 5.74) is 0.700. The van der Waals surface area contributed by atoms with Crippen molar-refractivity contribution in [1.29, 1.82) is 0 Å². The molecule has 1 atom stereocenters. The first kappa shape index (κ1) is 10.8. The highest BCUT2D eigenvalue weighted by molar-refractivity contribution is 7.74. The van der Waals surface area contributed by atoms with Crippen molar-refractivity contribution in [2.75, 3.05) is 0 Å². The van der Waals surface area contributed by atoms with E-state index in [9.17, 15) is 8.76 Å². The third-order valence-electron chi connectivity index (χ3n) is 1.37. The van der Waals surface area contributed by atoms with Crippen LogP contribution in [0.1, 0.15) is 5.56 Å². The highest BCUT2D eigenvalue weighted by Gasteiger charge is 2.05. The number of hydrogen-bond acceptors (Lipinski definition) is 3. The Bertz CT molecular complexity index is 354. The maximum absolute atomic E-state index is 10.2. The third kappa shape index (κ3) is 2.84. The first-order valence-corrected chi connectivity index (χ1v) is 4.99. The maximum Gasteiger partial charge on any atom is 0.158 e. The lowest BCUT2D eigenvalue weighted by Gasteiger charge is -2.10. The van der Waals surface area contributed by atoms with Crippen LogP contribution in [0.15, 0.2) is 12.1 Å². The number of rotatable bonds is 2. The summed E-state index contributed by atoms with van der Waals surface area (Å²) < 4.78 is 24.8. The van der Waals surface area contributed by atoms with Gasteiger partial charge in [-0.2, -0.15) is 0 Å². The number of aryl methyl sites for hydroxylation is 1. The molecular formula is C7H5Cl2O3S-. The molecule has 0 N–H and O–H groups in total. The zero-order chi connectivity index (χ0) is 10.0. The molecule has 0 aromatic heterocycles. The Labute approximate surface area is 88.1 Å². The molecule has 0 saturated carbocycles. The molecule has 0 bridgehead atoms. The standard InChI is InChI=1S/C7H6Cl2O3S/c1-4-2-7(12-13(10)11)6(9)3-5(4)8/h2-3H,1H3,(H,10,11)/p-1. The normalized spacial score (nSPS) is 12.6. The predicted octanol–water partition coefficient (Wildman–Crippen LogP) is 2.47. The summed E-state index contributed by atoms with van der Waals surface area (Å²) in [7, 11) is 0. The maximum atomic E-state index is 10.2. The minimum absolute atomic E-state index is 0.0805. The molecule has 1 aromatic rings. The topological polar surface area (TPSA) is 49.4 Å². The molecular weight excluding hydrogens is 235 g/mol. The second-order valence-electron chi connectivity index (χ2n) is 2.32. The monoisotopic (exact) mass is 239 g/mol. The average molecular weight is 240 g/mol. The molecule has 0 aliphatic rings. The summed E-state index contributed by atoms with van der Waals surface area (Å²) in [4.78, 5) is 0. The van der Waals surface area contributed by atoms with Crippen LogP contribution in [0.5, 0.6) is 5.75 Å². The molecule has 6 heteroatoms. The lowest BCUT2D eigenvalue weighted by atomic mass is 10.2. The largest absolute Gasteiger partial charge is 0.740 e. The Hall–Kier alpha value is -0.290. The molecule has 1 unspecified atom stereocenters. The molecule has 0 fully saturated rings. The molecule has 0 aliphatic heterocycles. The van der Waals surface area contributed by atoms with Crippen LogP contribution in [-0.2, 0) is 11.4 Å². The Balaban J connectivity index is 3.08. The molecule has 1 rings (SSSR count). The van der Waals surface area contributed by atoms with Crippen LogP contribution in [-0.4, -0.2) is 8.76 Å². The molecule has 0 aliphatic carbocycles. The molecule has 0 radical (unpaired) electrons. The quantitative estimate of drug-likeness (QED) is 0.746. The van der Waals surface area contributed by atoms with E-state index in [-0.39, 0.29) is 10.8 Å². The third-order valence-corrected chi connectivity index (χ3v) is 2.39. The summed E-state index contributed by atoms with van der Waals surface area (Å²) in [6.45, 7) is 1.72. The molecule has 1 aromatic carbocycles. The molecule has 13 heavy (non-hydrogen) atoms. The van der Waals surface area contributed by atoms with Gasteiger partial charge in [0.15, 0.2) is 5.75 Å². The van der Waals surface area contributed by atoms with Gasteiger partial charge >= 0.3 is 0 Å². The highest BCUT2D eigenvalue weighted by Crippen LogP contribution is 2.30. The van der Waals surface area contributed by atoms with Gasteiger partial charge in [0.05, 0.1) is 5.02 Å². The van der Waals surface area contributed by atoms with Gasteiger partial charge in [-0.3, -0.25) is 0 Å². The predicted molar refractivity (Wildman–Crippen MR) is 50.7 cm³/mol. The minimum atomic E-state index is -2.62. The van der Waals surface area contributed by atoms with Gasteiger partial charge in [-0.15, -0.1) is 0 Å². The summed E-state index contributed by atoms with van der Waals surface area (Å²) in [6, 6.07) is 2.89. The van der Waals surface area contributed by atoms with Crippen LogP contribution in [0.3, 0.4) is 0 Å². The van der Waals surface area contributed by atoms with E-state index in [0.717, 1.165) is 0 Å². The molecule has 72 valence electrons. The van der Waals surface area contributed by atoms with Crippen molar-refractivity contribution in [3.05, 3.63) is 27.7 Å². The Kier molecular flexibility index (Phi) is 3.55. The van der Waals surface area contributed by atoms with Gasteiger partial charge in [-0.05, 0) is 24.6 Å². The van der Waals surface area contributed by atoms with E-state index < -0.39 is 11.4 Å². The van der Waals surface area contributed by atoms with Crippen LogP contribution in [0, 0.1) is 6.92 Å². The van der Waals surface area contributed by atoms with Crippen molar-refractivity contribution in [3.63, 3.8) is 0 Å². The molecule has 0 heterocycles. The number of halogens is 2. The first-order valence-electron chi connectivity index (χ1n) is 3.24. The number of benzene rings is 1. The van der Waals surface area contributed by atoms with Gasteiger partial charge < -0.3 is 8.74 Å². The Morgan fingerprint density at radius 1 is 1.38 bits per heavy atom. The van der Waals surface area contributed by atoms with E-state index in [1.165, 1.54) is 12.1 Å². The zero-order valence-corrected chi connectivity index (χ0v) is 8.87. The van der Waals surface area contributed by atoms with Gasteiger partial charge in [-0.1, -0.05) is 23.2 Å². The van der Waals surface area contributed by atoms with Gasteiger partial charge in [0.2, 0.25) is 0 Å². The average Bonchev–Trinajstić information content (AvgIpc) is 1.99. The fourth-order valence-electron chi connectivity index (χ4n) is 0.768. The molecule has 3 nitrogen and oxygen atoms in total. The number of hydrogen-bond donors (Lipinski definition) is 0. The first-order chi connectivity index (χ1) is 6.00. The van der Waals surface area contributed by atoms with Gasteiger partial charge in [0.25, 0.3) is 0 Å². The Morgan fingerprint density at radius 3 is 2.54 bits per heavy atom. The minimum Gasteiger partial charge on any atom is -0.740 e. The van der Waals surface area contributed by atoms with Crippen molar-refractivity contribution in [1.82, 2.24) is 0 Å². The smallest absolute Gasteiger partial charge is 0.158 e. The van der Waals surface area contributed by atoms with Gasteiger partial charge in [0.1, 0.15) is 11.4 Å². The second-order valence-corrected chi connectivity index (χ2v) is 3.71. The Morgan fingerprint density at radius 2 is 2.00 bits per heavy atom. The van der Waals surface area contributed by atoms with Gasteiger partial charge in [0, 0.05) is 5.02 Å². The summed E-state index contributed by atoms with van der Waals surface area (Å²) >= 11 is 8.77. The van der Waals surface area contributed by atoms with Crippen molar-refractivity contribution < 1.29 is 12.9 Å². The van der Waals surface area contributed by atoms with Crippen LogP contribution >= 0.6 is 23.2 Å². The second kappa shape index (κ2) is 4.28. The van der Waals surface area contributed by atoms with Crippen molar-refractivity contribution in [2.24, 2.45) is 0 Å². The summed E-state index contributed by atoms with van der Waals surface area (Å²) in [6.07, 6.45) is 0. The SMILES string of the molecule is Cc1cc(OS(=O)[O-])c(Cl)cc1Cl. The van der Waals surface area contributed by atoms with E-state index >= 15 is 0 Å². The zero-order valence-electron chi connectivity index (χ0n) is 6.54. The van der Waals surface area contributed by atoms with E-state index in [0.29, 0.717) is 10.6 Å². The van der Waals surface area contributed by atoms with Crippen LogP contribution < -0.4 is 4.18 Å². The van der Waals surface area contributed by atoms with E-state index in [4.69, 9.17) is 23.2 Å². The molecule has 0 saturated heterocycles. The van der Waals surface area contributed by atoms with Crippen molar-refractivity contribution in [2.45, 2.75) is 6.92 Å². The molecule has 0 amide bonds. The van der Waals surface area contributed by atoms with Crippen molar-refractivity contribution in [3.8, 4) is 5.75 Å². The van der Waals surface area contributed by atoms with Crippen molar-refractivity contribution >= 4 is 34.6 Å². The summed E-state index contributed by atoms with van der Waals surface area (Å²) in [5, 5.41) is 0.633. The lowest BCUT2D eigenvalue weighted by molar-refractivity contribution is 0.440. The van der Waals surface area contributed by atoms with Crippen LogP contribution in [0.2, 0.25) is 10.0 Å². The molecule has 0 spiro atoms.